The molecule has 7 rings (SSSR count). The third kappa shape index (κ3) is 6.93. The zero-order valence-electron chi connectivity index (χ0n) is 27.9. The van der Waals surface area contributed by atoms with Crippen LogP contribution >= 0.6 is 11.6 Å². The van der Waals surface area contributed by atoms with Crippen molar-refractivity contribution < 1.29 is 22.8 Å². The quantitative estimate of drug-likeness (QED) is 0.274. The summed E-state index contributed by atoms with van der Waals surface area (Å²) in [4.78, 5) is 43.7. The van der Waals surface area contributed by atoms with E-state index in [4.69, 9.17) is 16.7 Å². The van der Waals surface area contributed by atoms with Crippen molar-refractivity contribution in [2.45, 2.75) is 70.5 Å². The van der Waals surface area contributed by atoms with E-state index in [0.717, 1.165) is 86.5 Å². The van der Waals surface area contributed by atoms with Crippen LogP contribution in [0, 0.1) is 0 Å². The molecule has 0 saturated carbocycles. The molecule has 3 amide bonds. The molecule has 13 heteroatoms. The van der Waals surface area contributed by atoms with Crippen molar-refractivity contribution in [3.63, 3.8) is 0 Å². The first-order valence-corrected chi connectivity index (χ1v) is 19.6. The van der Waals surface area contributed by atoms with Crippen LogP contribution in [0.3, 0.4) is 0 Å². The van der Waals surface area contributed by atoms with Crippen molar-refractivity contribution in [3.05, 3.63) is 75.4 Å². The van der Waals surface area contributed by atoms with Crippen LogP contribution in [0.2, 0.25) is 5.02 Å². The fourth-order valence-corrected chi connectivity index (χ4v) is 8.90. The molecule has 3 aromatic rings. The Kier molecular flexibility index (Phi) is 9.66. The van der Waals surface area contributed by atoms with E-state index in [0.29, 0.717) is 60.3 Å². The predicted octanol–water partition coefficient (Wildman–Crippen LogP) is 4.23. The second kappa shape index (κ2) is 14.0. The van der Waals surface area contributed by atoms with Gasteiger partial charge in [0.15, 0.2) is 0 Å². The molecule has 0 unspecified atom stereocenters. The predicted molar refractivity (Wildman–Crippen MR) is 187 cm³/mol. The molecule has 1 aromatic heterocycles. The molecular formula is C36H43ClN6O5S. The number of nitrogens with zero attached hydrogens (tertiary/aromatic N) is 6. The van der Waals surface area contributed by atoms with Gasteiger partial charge in [-0.1, -0.05) is 29.8 Å². The minimum absolute atomic E-state index is 0.268. The molecule has 2 aromatic carbocycles. The van der Waals surface area contributed by atoms with Gasteiger partial charge in [-0.25, -0.2) is 8.42 Å². The van der Waals surface area contributed by atoms with Gasteiger partial charge < -0.3 is 9.80 Å². The standard InChI is InChI=1S/C36H43ClN6O5S/c1-49(47,48)40-22-15-32-30(24-40)34(38-43(32)19-6-16-39-20-13-27(14-21-39)41-17-5-10-33(41)44)26-11-12-31(37)25(23-26)7-4-18-42-35(45)28-8-2-3-9-29(28)36(42)46/h2-3,8-9,11-12,23,27H,4-7,10,13-22,24H2,1H3. The highest BCUT2D eigenvalue weighted by Crippen LogP contribution is 2.34. The van der Waals surface area contributed by atoms with Gasteiger partial charge in [0.2, 0.25) is 15.9 Å². The average Bonchev–Trinajstić information content (AvgIpc) is 3.76. The maximum absolute atomic E-state index is 12.8. The summed E-state index contributed by atoms with van der Waals surface area (Å²) in [5, 5.41) is 5.68. The molecule has 0 spiro atoms. The topological polar surface area (TPSA) is 116 Å². The lowest BCUT2D eigenvalue weighted by Gasteiger charge is -2.36. The smallest absolute Gasteiger partial charge is 0.261 e. The van der Waals surface area contributed by atoms with Gasteiger partial charge in [0.25, 0.3) is 11.8 Å². The lowest BCUT2D eigenvalue weighted by atomic mass is 9.99. The molecule has 5 heterocycles. The summed E-state index contributed by atoms with van der Waals surface area (Å²) in [7, 11) is -3.38. The van der Waals surface area contributed by atoms with Gasteiger partial charge >= 0.3 is 0 Å². The van der Waals surface area contributed by atoms with E-state index in [-0.39, 0.29) is 24.9 Å². The normalized spacial score (nSPS) is 19.3. The van der Waals surface area contributed by atoms with Crippen LogP contribution in [0.25, 0.3) is 11.3 Å². The summed E-state index contributed by atoms with van der Waals surface area (Å²) in [6, 6.07) is 13.0. The zero-order valence-corrected chi connectivity index (χ0v) is 29.5. The summed E-state index contributed by atoms with van der Waals surface area (Å²) in [6.07, 6.45) is 7.57. The summed E-state index contributed by atoms with van der Waals surface area (Å²) in [6.45, 7) is 5.52. The van der Waals surface area contributed by atoms with Crippen molar-refractivity contribution in [1.29, 1.82) is 0 Å². The molecule has 0 radical (unpaired) electrons. The molecular weight excluding hydrogens is 664 g/mol. The molecule has 49 heavy (non-hydrogen) atoms. The minimum Gasteiger partial charge on any atom is -0.340 e. The number of piperidine rings is 1. The number of benzene rings is 2. The van der Waals surface area contributed by atoms with Crippen molar-refractivity contribution in [3.8, 4) is 11.3 Å². The van der Waals surface area contributed by atoms with Crippen LogP contribution in [0.15, 0.2) is 42.5 Å². The third-order valence-electron chi connectivity index (χ3n) is 10.5. The summed E-state index contributed by atoms with van der Waals surface area (Å²) < 4.78 is 28.7. The van der Waals surface area contributed by atoms with Crippen molar-refractivity contribution in [2.75, 3.05) is 45.5 Å². The molecule has 260 valence electrons. The van der Waals surface area contributed by atoms with Crippen LogP contribution < -0.4 is 0 Å². The maximum atomic E-state index is 12.8. The number of aryl methyl sites for hydroxylation is 2. The molecule has 4 aliphatic rings. The summed E-state index contributed by atoms with van der Waals surface area (Å²) >= 11 is 6.65. The van der Waals surface area contributed by atoms with Crippen molar-refractivity contribution >= 4 is 39.3 Å². The van der Waals surface area contributed by atoms with Gasteiger partial charge in [0.05, 0.1) is 23.1 Å². The lowest BCUT2D eigenvalue weighted by molar-refractivity contribution is -0.130. The highest BCUT2D eigenvalue weighted by molar-refractivity contribution is 7.88. The number of likely N-dealkylation sites (tertiary alicyclic amines) is 2. The molecule has 0 atom stereocenters. The first-order valence-electron chi connectivity index (χ1n) is 17.4. The fraction of sp³-hybridized carbons (Fsp3) is 0.500. The molecule has 0 bridgehead atoms. The van der Waals surface area contributed by atoms with Gasteiger partial charge in [-0.3, -0.25) is 24.0 Å². The van der Waals surface area contributed by atoms with E-state index in [1.54, 1.807) is 24.3 Å². The van der Waals surface area contributed by atoms with Gasteiger partial charge in [-0.05, 0) is 74.9 Å². The van der Waals surface area contributed by atoms with E-state index >= 15 is 0 Å². The van der Waals surface area contributed by atoms with E-state index < -0.39 is 10.0 Å². The average molecular weight is 707 g/mol. The van der Waals surface area contributed by atoms with Crippen LogP contribution in [0.5, 0.6) is 0 Å². The second-order valence-corrected chi connectivity index (χ2v) is 16.1. The first kappa shape index (κ1) is 33.9. The molecule has 2 fully saturated rings. The van der Waals surface area contributed by atoms with Crippen LogP contribution in [0.1, 0.15) is 76.1 Å². The summed E-state index contributed by atoms with van der Waals surface area (Å²) in [5.74, 6) is -0.228. The SMILES string of the molecule is CS(=O)(=O)N1CCc2c(c(-c3ccc(Cl)c(CCCN4C(=O)c5ccccc5C4=O)c3)nn2CCCN2CCC(N3CCCC3=O)CC2)C1. The maximum Gasteiger partial charge on any atom is 0.261 e. The van der Waals surface area contributed by atoms with Gasteiger partial charge in [0, 0.05) is 86.5 Å². The molecule has 0 aliphatic carbocycles. The van der Waals surface area contributed by atoms with Crippen LogP contribution in [-0.2, 0) is 40.7 Å². The Morgan fingerprint density at radius 1 is 0.878 bits per heavy atom. The number of aromatic nitrogens is 2. The molecule has 2 saturated heterocycles. The van der Waals surface area contributed by atoms with Crippen molar-refractivity contribution in [2.24, 2.45) is 0 Å². The van der Waals surface area contributed by atoms with Crippen LogP contribution in [0.4, 0.5) is 0 Å². The van der Waals surface area contributed by atoms with E-state index in [2.05, 4.69) is 14.5 Å². The Morgan fingerprint density at radius 2 is 1.61 bits per heavy atom. The number of imide groups is 1. The number of hydrogen-bond donors (Lipinski definition) is 0. The Labute approximate surface area is 292 Å². The lowest BCUT2D eigenvalue weighted by Crippen LogP contribution is -2.45. The zero-order chi connectivity index (χ0) is 34.3. The Balaban J connectivity index is 1.04. The van der Waals surface area contributed by atoms with Gasteiger partial charge in [0.1, 0.15) is 0 Å². The van der Waals surface area contributed by atoms with Crippen molar-refractivity contribution in [1.82, 2.24) is 28.8 Å². The van der Waals surface area contributed by atoms with Crippen LogP contribution in [-0.4, -0.2) is 106 Å². The fourth-order valence-electron chi connectivity index (χ4n) is 7.90. The van der Waals surface area contributed by atoms with Gasteiger partial charge in [-0.2, -0.15) is 9.40 Å². The number of halogens is 1. The number of fused-ring (bicyclic) bond motifs is 2. The molecule has 0 N–H and O–H groups in total. The Morgan fingerprint density at radius 3 is 2.29 bits per heavy atom. The first-order chi connectivity index (χ1) is 23.6. The highest BCUT2D eigenvalue weighted by Gasteiger charge is 2.35. The largest absolute Gasteiger partial charge is 0.340 e. The number of sulfonamides is 1. The molecule has 11 nitrogen and oxygen atoms in total. The van der Waals surface area contributed by atoms with Gasteiger partial charge in [-0.15, -0.1) is 0 Å². The van der Waals surface area contributed by atoms with E-state index in [1.165, 1.54) is 15.5 Å². The molecule has 4 aliphatic heterocycles. The Hall–Kier alpha value is -3.58. The highest BCUT2D eigenvalue weighted by atomic mass is 35.5. The number of carbonyl (C=O) groups excluding carboxylic acids is 3. The minimum atomic E-state index is -3.38. The monoisotopic (exact) mass is 706 g/mol. The Bertz CT molecular complexity index is 1850. The number of carbonyl (C=O) groups is 3. The van der Waals surface area contributed by atoms with E-state index in [9.17, 15) is 22.8 Å². The number of amides is 3. The summed E-state index contributed by atoms with van der Waals surface area (Å²) in [5.41, 5.74) is 5.39. The number of rotatable bonds is 11. The second-order valence-electron chi connectivity index (χ2n) is 13.7. The number of hydrogen-bond acceptors (Lipinski definition) is 7. The third-order valence-corrected chi connectivity index (χ3v) is 12.2. The van der Waals surface area contributed by atoms with E-state index in [1.807, 2.05) is 18.2 Å².